The van der Waals surface area contributed by atoms with E-state index in [1.165, 1.54) is 114 Å². The molecule has 4 aromatic carbocycles. The fourth-order valence-electron chi connectivity index (χ4n) is 8.74. The number of fused-ring (bicyclic) bond motifs is 2. The Morgan fingerprint density at radius 1 is 0.473 bits per heavy atom. The molecule has 2 heterocycles. The third-order valence-electron chi connectivity index (χ3n) is 11.7. The Labute approximate surface area is 340 Å². The van der Waals surface area contributed by atoms with Crippen LogP contribution in [0.1, 0.15) is 133 Å². The number of furan rings is 2. The van der Waals surface area contributed by atoms with Gasteiger partial charge < -0.3 is 0 Å². The Hall–Kier alpha value is -4.20. The Morgan fingerprint density at radius 2 is 0.909 bits per heavy atom. The monoisotopic (exact) mass is 800 g/mol. The fraction of sp³-hybridized carbons (Fsp3) is 0.308. The predicted molar refractivity (Wildman–Crippen MR) is 226 cm³/mol. The summed E-state index contributed by atoms with van der Waals surface area (Å²) in [6, 6.07) is 41.2. The maximum absolute atomic E-state index is 6.48. The molecule has 2 atom stereocenters. The first-order chi connectivity index (χ1) is 27.0. The zero-order chi connectivity index (χ0) is 37.7. The van der Waals surface area contributed by atoms with E-state index in [1.807, 2.05) is 0 Å². The van der Waals surface area contributed by atoms with Crippen LogP contribution in [0.25, 0.3) is 34.4 Å². The van der Waals surface area contributed by atoms with Gasteiger partial charge in [0.25, 0.3) is 0 Å². The predicted octanol–water partition coefficient (Wildman–Crippen LogP) is 14.8. The van der Waals surface area contributed by atoms with Crippen LogP contribution in [0.15, 0.2) is 125 Å². The van der Waals surface area contributed by atoms with Gasteiger partial charge in [0.1, 0.15) is 0 Å². The van der Waals surface area contributed by atoms with Gasteiger partial charge in [-0.25, -0.2) is 0 Å². The molecule has 8 rings (SSSR count). The molecule has 3 heteroatoms. The summed E-state index contributed by atoms with van der Waals surface area (Å²) in [6.45, 7) is 8.69. The van der Waals surface area contributed by atoms with Crippen LogP contribution in [0.3, 0.4) is 0 Å². The van der Waals surface area contributed by atoms with Gasteiger partial charge >= 0.3 is 316 Å². The molecule has 0 radical (unpaired) electrons. The van der Waals surface area contributed by atoms with Gasteiger partial charge in [-0.1, -0.05) is 26.7 Å². The van der Waals surface area contributed by atoms with Gasteiger partial charge in [0.15, 0.2) is 0 Å². The van der Waals surface area contributed by atoms with Crippen molar-refractivity contribution >= 4 is 12.2 Å². The number of hydrogen-bond acceptors (Lipinski definition) is 2. The summed E-state index contributed by atoms with van der Waals surface area (Å²) in [6.07, 6.45) is 17.8. The van der Waals surface area contributed by atoms with Crippen LogP contribution in [0.5, 0.6) is 0 Å². The van der Waals surface area contributed by atoms with Crippen LogP contribution >= 0.6 is 0 Å². The van der Waals surface area contributed by atoms with E-state index < -0.39 is 23.2 Å². The average molecular weight is 802 g/mol. The Bertz CT molecular complexity index is 2130. The molecule has 2 unspecified atom stereocenters. The fourth-order valence-corrected chi connectivity index (χ4v) is 12.8. The first-order valence-electron chi connectivity index (χ1n) is 20.8. The molecule has 0 aliphatic heterocycles. The van der Waals surface area contributed by atoms with Crippen molar-refractivity contribution in [2.45, 2.75) is 104 Å². The summed E-state index contributed by atoms with van der Waals surface area (Å²) < 4.78 is 16.0. The third kappa shape index (κ3) is 8.20. The number of hydrogen-bond donors (Lipinski definition) is 0. The first kappa shape index (κ1) is 37.7. The molecule has 0 fully saturated rings. The van der Waals surface area contributed by atoms with Crippen LogP contribution in [-0.4, -0.2) is 0 Å². The molecule has 2 aliphatic carbocycles. The zero-order valence-corrected chi connectivity index (χ0v) is 35.5. The van der Waals surface area contributed by atoms with Crippen molar-refractivity contribution < 1.29 is 32.1 Å². The molecule has 2 aromatic heterocycles. The molecule has 0 saturated carbocycles. The summed E-state index contributed by atoms with van der Waals surface area (Å²) in [4.78, 5) is 0. The standard InChI is InChI=1S/2C26H27O.Zr/c2*1-3-4-5-6-8-20-12-14-21(15-13-20)22-9-7-10-23-24(22)16-17-25(23)26-18-11-19(2)27-26;/h2*7,9-16,18,25H,3-6,8H2,1-2H3;. The second-order valence-electron chi connectivity index (χ2n) is 15.7. The zero-order valence-electron chi connectivity index (χ0n) is 33.1. The van der Waals surface area contributed by atoms with Gasteiger partial charge in [-0.2, -0.15) is 0 Å². The van der Waals surface area contributed by atoms with Gasteiger partial charge in [-0.05, 0) is 0 Å². The third-order valence-corrected chi connectivity index (χ3v) is 15.2. The van der Waals surface area contributed by atoms with Crippen molar-refractivity contribution in [3.63, 3.8) is 0 Å². The van der Waals surface area contributed by atoms with E-state index in [9.17, 15) is 0 Å². The molecule has 55 heavy (non-hydrogen) atoms. The molecule has 2 nitrogen and oxygen atoms in total. The molecule has 278 valence electrons. The van der Waals surface area contributed by atoms with Crippen molar-refractivity contribution in [2.75, 3.05) is 0 Å². The number of benzene rings is 4. The van der Waals surface area contributed by atoms with E-state index >= 15 is 0 Å². The Kier molecular flexibility index (Phi) is 11.9. The average Bonchev–Trinajstić information content (AvgIpc) is 4.00. The van der Waals surface area contributed by atoms with E-state index in [4.69, 9.17) is 8.83 Å². The second kappa shape index (κ2) is 17.3. The molecular formula is C52H54O2Zr. The summed E-state index contributed by atoms with van der Waals surface area (Å²) >= 11 is -1.36. The minimum atomic E-state index is -1.36. The number of unbranched alkanes of at least 4 members (excludes halogenated alkanes) is 6. The topological polar surface area (TPSA) is 26.3 Å². The van der Waals surface area contributed by atoms with Crippen LogP contribution in [-0.2, 0) is 36.1 Å². The molecule has 0 bridgehead atoms. The van der Waals surface area contributed by atoms with Crippen LogP contribution in [0, 0.1) is 13.8 Å². The van der Waals surface area contributed by atoms with E-state index in [0.29, 0.717) is 0 Å². The van der Waals surface area contributed by atoms with Crippen molar-refractivity contribution in [3.8, 4) is 22.3 Å². The summed E-state index contributed by atoms with van der Waals surface area (Å²) in [7, 11) is 0. The number of allylic oxidation sites excluding steroid dienone is 2. The van der Waals surface area contributed by atoms with E-state index in [1.54, 1.807) is 0 Å². The Morgan fingerprint density at radius 3 is 1.29 bits per heavy atom. The van der Waals surface area contributed by atoms with Gasteiger partial charge in [-0.15, -0.1) is 0 Å². The van der Waals surface area contributed by atoms with Crippen molar-refractivity contribution in [3.05, 3.63) is 172 Å². The van der Waals surface area contributed by atoms with Crippen LogP contribution in [0.4, 0.5) is 0 Å². The molecule has 0 amide bonds. The quantitative estimate of drug-likeness (QED) is 0.0911. The summed E-state index contributed by atoms with van der Waals surface area (Å²) in [5, 5.41) is 0. The molecule has 2 aliphatic rings. The van der Waals surface area contributed by atoms with Crippen LogP contribution in [0.2, 0.25) is 0 Å². The van der Waals surface area contributed by atoms with Crippen molar-refractivity contribution in [2.24, 2.45) is 0 Å². The van der Waals surface area contributed by atoms with Gasteiger partial charge in [-0.3, -0.25) is 0 Å². The van der Waals surface area contributed by atoms with Gasteiger partial charge in [0.05, 0.1) is 0 Å². The summed E-state index contributed by atoms with van der Waals surface area (Å²) in [5.41, 5.74) is 13.5. The SMILES string of the molecule is CCCCCCc1ccc(-c2cccc3c2C=[C]([Zr][C]2=Cc4c(-c5ccc(CCCCCC)cc5)cccc4C2c2ccc(C)o2)C3c2ccc(C)o2)cc1. The normalized spacial score (nSPS) is 15.9. The number of aryl methyl sites for hydroxylation is 4. The molecule has 0 N–H and O–H groups in total. The minimum absolute atomic E-state index is 0.126. The van der Waals surface area contributed by atoms with Crippen molar-refractivity contribution in [1.29, 1.82) is 0 Å². The maximum atomic E-state index is 6.48. The van der Waals surface area contributed by atoms with E-state index in [2.05, 4.69) is 149 Å². The number of rotatable bonds is 16. The molecule has 0 saturated heterocycles. The summed E-state index contributed by atoms with van der Waals surface area (Å²) in [5.74, 6) is 4.29. The van der Waals surface area contributed by atoms with Crippen LogP contribution < -0.4 is 0 Å². The molecular weight excluding hydrogens is 748 g/mol. The first-order valence-corrected chi connectivity index (χ1v) is 23.2. The molecule has 6 aromatic rings. The van der Waals surface area contributed by atoms with Gasteiger partial charge in [0, 0.05) is 0 Å². The van der Waals surface area contributed by atoms with E-state index in [-0.39, 0.29) is 11.8 Å². The molecule has 0 spiro atoms. The second-order valence-corrected chi connectivity index (χ2v) is 19.2. The van der Waals surface area contributed by atoms with Gasteiger partial charge in [0.2, 0.25) is 0 Å². The van der Waals surface area contributed by atoms with E-state index in [0.717, 1.165) is 35.9 Å². The van der Waals surface area contributed by atoms with Crippen molar-refractivity contribution in [1.82, 2.24) is 0 Å². The Balaban J connectivity index is 1.15.